The Morgan fingerprint density at radius 3 is 2.79 bits per heavy atom. The van der Waals surface area contributed by atoms with E-state index >= 15 is 0 Å². The zero-order valence-electron chi connectivity index (χ0n) is 14.4. The van der Waals surface area contributed by atoms with Gasteiger partial charge in [0.1, 0.15) is 6.10 Å². The third kappa shape index (κ3) is 2.79. The number of morpholine rings is 1. The maximum absolute atomic E-state index is 12.4. The highest BCUT2D eigenvalue weighted by Crippen LogP contribution is 2.49. The van der Waals surface area contributed by atoms with Gasteiger partial charge >= 0.3 is 6.09 Å². The van der Waals surface area contributed by atoms with E-state index in [9.17, 15) is 9.59 Å². The highest BCUT2D eigenvalue weighted by Gasteiger charge is 2.53. The number of nitrogens with zero attached hydrogens (tertiary/aromatic N) is 2. The number of ether oxygens (including phenoxy) is 2. The Hall–Kier alpha value is -1.30. The normalized spacial score (nSPS) is 36.8. The van der Waals surface area contributed by atoms with E-state index in [1.165, 1.54) is 0 Å². The van der Waals surface area contributed by atoms with Crippen LogP contribution >= 0.6 is 0 Å². The van der Waals surface area contributed by atoms with Crippen LogP contribution in [0.5, 0.6) is 0 Å². The predicted molar refractivity (Wildman–Crippen MR) is 87.5 cm³/mol. The Balaban J connectivity index is 1.41. The molecule has 6 heteroatoms. The molecule has 4 rings (SSSR count). The summed E-state index contributed by atoms with van der Waals surface area (Å²) < 4.78 is 11.1. The van der Waals surface area contributed by atoms with E-state index in [-0.39, 0.29) is 17.7 Å². The summed E-state index contributed by atoms with van der Waals surface area (Å²) in [6.07, 6.45) is 7.63. The zero-order chi connectivity index (χ0) is 16.6. The summed E-state index contributed by atoms with van der Waals surface area (Å²) in [5, 5.41) is 0. The fourth-order valence-corrected chi connectivity index (χ4v) is 5.32. The van der Waals surface area contributed by atoms with E-state index in [0.717, 1.165) is 51.5 Å². The third-order valence-electron chi connectivity index (χ3n) is 6.52. The number of hydrogen-bond acceptors (Lipinski definition) is 4. The second-order valence-electron chi connectivity index (χ2n) is 7.72. The van der Waals surface area contributed by atoms with Gasteiger partial charge in [-0.15, -0.1) is 0 Å². The van der Waals surface area contributed by atoms with Gasteiger partial charge in [-0.1, -0.05) is 0 Å². The van der Waals surface area contributed by atoms with Crippen LogP contribution in [-0.2, 0) is 14.3 Å². The molecule has 0 radical (unpaired) electrons. The fourth-order valence-electron chi connectivity index (χ4n) is 5.32. The standard InChI is InChI=1S/C18H28N2O4/c21-16-4-1-3-14-13-15(5-7-18(14)6-2-8-20(16)18)24-17(22)19-9-11-23-12-10-19/h14-15H,1-13H2/t14-,15-,18+/m0/s1. The van der Waals surface area contributed by atoms with Crippen molar-refractivity contribution in [2.75, 3.05) is 32.8 Å². The maximum atomic E-state index is 12.4. The lowest BCUT2D eigenvalue weighted by molar-refractivity contribution is -0.138. The van der Waals surface area contributed by atoms with Crippen LogP contribution in [0.4, 0.5) is 4.79 Å². The molecule has 3 heterocycles. The summed E-state index contributed by atoms with van der Waals surface area (Å²) in [7, 11) is 0. The highest BCUT2D eigenvalue weighted by molar-refractivity contribution is 5.78. The second-order valence-corrected chi connectivity index (χ2v) is 7.72. The molecule has 1 saturated carbocycles. The van der Waals surface area contributed by atoms with Crippen LogP contribution in [-0.4, -0.2) is 66.3 Å². The lowest BCUT2D eigenvalue weighted by Gasteiger charge is -2.48. The Kier molecular flexibility index (Phi) is 4.41. The average molecular weight is 336 g/mol. The molecule has 0 unspecified atom stereocenters. The van der Waals surface area contributed by atoms with E-state index in [2.05, 4.69) is 4.90 Å². The van der Waals surface area contributed by atoms with E-state index in [0.29, 0.717) is 44.5 Å². The molecule has 2 amide bonds. The summed E-state index contributed by atoms with van der Waals surface area (Å²) in [5.41, 5.74) is 0.0649. The zero-order valence-corrected chi connectivity index (χ0v) is 14.4. The molecular formula is C18H28N2O4. The Bertz CT molecular complexity index is 505. The highest BCUT2D eigenvalue weighted by atomic mass is 16.6. The summed E-state index contributed by atoms with van der Waals surface area (Å²) in [4.78, 5) is 28.7. The minimum Gasteiger partial charge on any atom is -0.446 e. The molecule has 6 nitrogen and oxygen atoms in total. The predicted octanol–water partition coefficient (Wildman–Crippen LogP) is 2.17. The van der Waals surface area contributed by atoms with E-state index in [1.807, 2.05) is 0 Å². The molecule has 1 aliphatic carbocycles. The first-order valence-electron chi connectivity index (χ1n) is 9.53. The number of amides is 2. The van der Waals surface area contributed by atoms with Crippen molar-refractivity contribution in [2.24, 2.45) is 5.92 Å². The summed E-state index contributed by atoms with van der Waals surface area (Å²) in [6.45, 7) is 3.38. The molecule has 0 aromatic rings. The van der Waals surface area contributed by atoms with Crippen LogP contribution in [0.1, 0.15) is 51.4 Å². The van der Waals surface area contributed by atoms with Gasteiger partial charge in [-0.3, -0.25) is 4.79 Å². The van der Waals surface area contributed by atoms with Crippen molar-refractivity contribution in [3.05, 3.63) is 0 Å². The molecule has 0 aromatic heterocycles. The van der Waals surface area contributed by atoms with Gasteiger partial charge in [-0.25, -0.2) is 4.79 Å². The van der Waals surface area contributed by atoms with E-state index in [4.69, 9.17) is 9.47 Å². The van der Waals surface area contributed by atoms with Gasteiger partial charge in [0.05, 0.1) is 13.2 Å². The molecule has 1 spiro atoms. The van der Waals surface area contributed by atoms with Gasteiger partial charge in [-0.2, -0.15) is 0 Å². The molecule has 0 N–H and O–H groups in total. The Morgan fingerprint density at radius 1 is 1.12 bits per heavy atom. The number of hydrogen-bond donors (Lipinski definition) is 0. The molecule has 0 bridgehead atoms. The van der Waals surface area contributed by atoms with Crippen LogP contribution in [0.2, 0.25) is 0 Å². The van der Waals surface area contributed by atoms with Crippen molar-refractivity contribution in [1.29, 1.82) is 0 Å². The van der Waals surface area contributed by atoms with Gasteiger partial charge in [0.15, 0.2) is 0 Å². The lowest BCUT2D eigenvalue weighted by Crippen LogP contribution is -2.55. The Labute approximate surface area is 143 Å². The van der Waals surface area contributed by atoms with E-state index < -0.39 is 0 Å². The fraction of sp³-hybridized carbons (Fsp3) is 0.889. The Morgan fingerprint density at radius 2 is 1.96 bits per heavy atom. The van der Waals surface area contributed by atoms with Crippen molar-refractivity contribution >= 4 is 12.0 Å². The van der Waals surface area contributed by atoms with Gasteiger partial charge in [0, 0.05) is 31.6 Å². The van der Waals surface area contributed by atoms with Gasteiger partial charge in [0.2, 0.25) is 5.91 Å². The van der Waals surface area contributed by atoms with Crippen molar-refractivity contribution in [3.63, 3.8) is 0 Å². The molecule has 4 fully saturated rings. The second kappa shape index (κ2) is 6.54. The first-order chi connectivity index (χ1) is 11.7. The molecular weight excluding hydrogens is 308 g/mol. The first kappa shape index (κ1) is 16.2. The van der Waals surface area contributed by atoms with Gasteiger partial charge < -0.3 is 19.3 Å². The molecule has 24 heavy (non-hydrogen) atoms. The van der Waals surface area contributed by atoms with Gasteiger partial charge in [-0.05, 0) is 50.9 Å². The molecule has 4 aliphatic rings. The smallest absolute Gasteiger partial charge is 0.410 e. The minimum absolute atomic E-state index is 0.00613. The van der Waals surface area contributed by atoms with Crippen molar-refractivity contribution in [2.45, 2.75) is 63.0 Å². The molecule has 3 atom stereocenters. The summed E-state index contributed by atoms with van der Waals surface area (Å²) in [5.74, 6) is 0.835. The lowest BCUT2D eigenvalue weighted by atomic mass is 9.69. The maximum Gasteiger partial charge on any atom is 0.410 e. The van der Waals surface area contributed by atoms with Crippen molar-refractivity contribution in [1.82, 2.24) is 9.80 Å². The largest absolute Gasteiger partial charge is 0.446 e. The first-order valence-corrected chi connectivity index (χ1v) is 9.53. The molecule has 134 valence electrons. The molecule has 3 saturated heterocycles. The average Bonchev–Trinajstić information content (AvgIpc) is 2.97. The van der Waals surface area contributed by atoms with Crippen LogP contribution in [0.15, 0.2) is 0 Å². The SMILES string of the molecule is O=C(O[C@H]1CC[C@@]23CCCN2C(=O)CCC[C@H]3C1)N1CCOCC1. The molecule has 3 aliphatic heterocycles. The third-order valence-corrected chi connectivity index (χ3v) is 6.52. The van der Waals surface area contributed by atoms with Crippen LogP contribution in [0.25, 0.3) is 0 Å². The minimum atomic E-state index is -0.188. The quantitative estimate of drug-likeness (QED) is 0.736. The van der Waals surface area contributed by atoms with Crippen molar-refractivity contribution < 1.29 is 19.1 Å². The van der Waals surface area contributed by atoms with Crippen LogP contribution in [0, 0.1) is 5.92 Å². The summed E-state index contributed by atoms with van der Waals surface area (Å²) in [6, 6.07) is 0. The molecule has 0 aromatic carbocycles. The summed E-state index contributed by atoms with van der Waals surface area (Å²) >= 11 is 0. The number of rotatable bonds is 1. The van der Waals surface area contributed by atoms with Crippen LogP contribution in [0.3, 0.4) is 0 Å². The van der Waals surface area contributed by atoms with E-state index in [1.54, 1.807) is 4.90 Å². The van der Waals surface area contributed by atoms with Crippen molar-refractivity contribution in [3.8, 4) is 0 Å². The van der Waals surface area contributed by atoms with Gasteiger partial charge in [0.25, 0.3) is 0 Å². The topological polar surface area (TPSA) is 59.1 Å². The number of carbonyl (C=O) groups excluding carboxylic acids is 2. The number of carbonyl (C=O) groups is 2. The monoisotopic (exact) mass is 336 g/mol. The van der Waals surface area contributed by atoms with Crippen LogP contribution < -0.4 is 0 Å².